The van der Waals surface area contributed by atoms with Gasteiger partial charge in [0.15, 0.2) is 0 Å². The predicted molar refractivity (Wildman–Crippen MR) is 91.4 cm³/mol. The third-order valence-electron chi connectivity index (χ3n) is 4.41. The fourth-order valence-electron chi connectivity index (χ4n) is 3.31. The highest BCUT2D eigenvalue weighted by Gasteiger charge is 2.34. The molecule has 0 aromatic heterocycles. The fraction of sp³-hybridized carbons (Fsp3) is 0.0500. The Labute approximate surface area is 154 Å². The molecule has 0 bridgehead atoms. The van der Waals surface area contributed by atoms with E-state index in [9.17, 15) is 26.3 Å². The van der Waals surface area contributed by atoms with Crippen molar-refractivity contribution < 1.29 is 0 Å². The first-order chi connectivity index (χ1) is 13.1. The number of hydrogen-bond acceptors (Lipinski definition) is 7. The Balaban J connectivity index is 2.63. The van der Waals surface area contributed by atoms with Gasteiger partial charge in [0.05, 0.1) is 33.5 Å². The summed E-state index contributed by atoms with van der Waals surface area (Å²) < 4.78 is 0. The second kappa shape index (κ2) is 6.16. The minimum atomic E-state index is -0.101. The van der Waals surface area contributed by atoms with E-state index < -0.39 is 0 Å². The Bertz CT molecular complexity index is 1330. The summed E-state index contributed by atoms with van der Waals surface area (Å²) in [4.78, 5) is 3.82. The summed E-state index contributed by atoms with van der Waals surface area (Å²) >= 11 is 0. The molecule has 3 rings (SSSR count). The first kappa shape index (κ1) is 16.9. The first-order valence-corrected chi connectivity index (χ1v) is 7.44. The van der Waals surface area contributed by atoms with Crippen LogP contribution in [0.15, 0.2) is 17.1 Å². The van der Waals surface area contributed by atoms with Crippen LogP contribution in [-0.4, -0.2) is 5.71 Å². The van der Waals surface area contributed by atoms with Gasteiger partial charge in [-0.3, -0.25) is 0 Å². The van der Waals surface area contributed by atoms with Crippen molar-refractivity contribution in [3.8, 4) is 47.7 Å². The maximum atomic E-state index is 9.62. The second-order valence-corrected chi connectivity index (χ2v) is 5.56. The quantitative estimate of drug-likeness (QED) is 0.571. The lowest BCUT2D eigenvalue weighted by Crippen LogP contribution is -2.06. The van der Waals surface area contributed by atoms with E-state index in [0.29, 0.717) is 22.3 Å². The molecule has 120 valence electrons. The van der Waals surface area contributed by atoms with Gasteiger partial charge in [-0.25, -0.2) is 0 Å². The van der Waals surface area contributed by atoms with E-state index in [1.54, 1.807) is 13.1 Å². The monoisotopic (exact) mass is 343 g/mol. The molecule has 0 atom stereocenters. The lowest BCUT2D eigenvalue weighted by Gasteiger charge is -2.08. The van der Waals surface area contributed by atoms with Crippen molar-refractivity contribution in [3.05, 3.63) is 56.6 Å². The van der Waals surface area contributed by atoms with Crippen molar-refractivity contribution in [1.29, 1.82) is 31.6 Å². The second-order valence-electron chi connectivity index (χ2n) is 5.56. The molecule has 2 aromatic carbocycles. The first-order valence-electron chi connectivity index (χ1n) is 7.44. The standard InChI is InChI=1S/C20H5N7/c1-10-15(6-23)11(4-21)2-13-14-3-12(5-22)16(7-24)17(8-25)19(14)20(18(10)13)27-9-26/h2-3H,1H3. The average Bonchev–Trinajstić information content (AvgIpc) is 2.99. The lowest BCUT2D eigenvalue weighted by atomic mass is 9.92. The van der Waals surface area contributed by atoms with Gasteiger partial charge in [0.25, 0.3) is 0 Å². The minimum Gasteiger partial charge on any atom is -0.192 e. The molecule has 7 heteroatoms. The van der Waals surface area contributed by atoms with Crippen molar-refractivity contribution in [3.63, 3.8) is 0 Å². The Morgan fingerprint density at radius 3 is 1.67 bits per heavy atom. The predicted octanol–water partition coefficient (Wildman–Crippen LogP) is 2.65. The molecular formula is C20H5N7. The van der Waals surface area contributed by atoms with E-state index in [1.807, 2.05) is 30.3 Å². The molecule has 1 aliphatic rings. The number of nitriles is 6. The van der Waals surface area contributed by atoms with Crippen molar-refractivity contribution in [2.24, 2.45) is 4.99 Å². The summed E-state index contributed by atoms with van der Waals surface area (Å²) in [5.41, 5.74) is 2.34. The number of aliphatic imine (C=N–C) groups is 1. The molecule has 0 saturated carbocycles. The van der Waals surface area contributed by atoms with E-state index in [1.165, 1.54) is 12.1 Å². The molecule has 27 heavy (non-hydrogen) atoms. The van der Waals surface area contributed by atoms with E-state index in [-0.39, 0.29) is 39.1 Å². The Morgan fingerprint density at radius 1 is 0.667 bits per heavy atom. The van der Waals surface area contributed by atoms with Crippen LogP contribution in [0, 0.1) is 75.0 Å². The van der Waals surface area contributed by atoms with Crippen molar-refractivity contribution in [2.75, 3.05) is 0 Å². The van der Waals surface area contributed by atoms with Crippen LogP contribution in [0.3, 0.4) is 0 Å². The zero-order valence-corrected chi connectivity index (χ0v) is 13.8. The smallest absolute Gasteiger partial charge is 0.192 e. The van der Waals surface area contributed by atoms with Crippen LogP contribution in [0.4, 0.5) is 0 Å². The van der Waals surface area contributed by atoms with Gasteiger partial charge < -0.3 is 0 Å². The normalized spacial score (nSPS) is 11.7. The lowest BCUT2D eigenvalue weighted by molar-refractivity contribution is 1.35. The van der Waals surface area contributed by atoms with Crippen LogP contribution < -0.4 is 0 Å². The minimum absolute atomic E-state index is 0.0116. The number of hydrogen-bond donors (Lipinski definition) is 0. The summed E-state index contributed by atoms with van der Waals surface area (Å²) in [5, 5.41) is 56.3. The maximum absolute atomic E-state index is 9.62. The third-order valence-corrected chi connectivity index (χ3v) is 4.41. The SMILES string of the molecule is Cc1c(C#N)c(C#N)cc2c1C(=NC#N)c1c-2cc(C#N)c(C#N)c1C#N. The molecule has 0 saturated heterocycles. The molecular weight excluding hydrogens is 338 g/mol. The molecule has 0 unspecified atom stereocenters. The largest absolute Gasteiger partial charge is 0.206 e. The third kappa shape index (κ3) is 2.12. The van der Waals surface area contributed by atoms with Gasteiger partial charge in [-0.1, -0.05) is 0 Å². The fourth-order valence-corrected chi connectivity index (χ4v) is 3.31. The highest BCUT2D eigenvalue weighted by Crippen LogP contribution is 2.43. The van der Waals surface area contributed by atoms with Crippen LogP contribution in [0.1, 0.15) is 44.5 Å². The van der Waals surface area contributed by atoms with E-state index in [2.05, 4.69) is 4.99 Å². The zero-order valence-electron chi connectivity index (χ0n) is 13.8. The Kier molecular flexibility index (Phi) is 3.86. The highest BCUT2D eigenvalue weighted by molar-refractivity contribution is 6.27. The zero-order chi connectivity index (χ0) is 19.7. The van der Waals surface area contributed by atoms with E-state index in [4.69, 9.17) is 5.26 Å². The molecule has 0 fully saturated rings. The summed E-state index contributed by atoms with van der Waals surface area (Å²) in [6.07, 6.45) is 1.68. The molecule has 0 radical (unpaired) electrons. The van der Waals surface area contributed by atoms with Gasteiger partial charge >= 0.3 is 0 Å². The van der Waals surface area contributed by atoms with Crippen LogP contribution in [0.5, 0.6) is 0 Å². The molecule has 0 heterocycles. The molecule has 0 aliphatic heterocycles. The molecule has 7 nitrogen and oxygen atoms in total. The molecule has 0 N–H and O–H groups in total. The van der Waals surface area contributed by atoms with E-state index >= 15 is 0 Å². The molecule has 0 amide bonds. The summed E-state index contributed by atoms with van der Waals surface area (Å²) in [6.45, 7) is 1.62. The number of nitrogens with zero attached hydrogens (tertiary/aromatic N) is 7. The van der Waals surface area contributed by atoms with Crippen LogP contribution in [0.2, 0.25) is 0 Å². The summed E-state index contributed by atoms with van der Waals surface area (Å²) in [7, 11) is 0. The van der Waals surface area contributed by atoms with Gasteiger partial charge in [-0.2, -0.15) is 36.6 Å². The van der Waals surface area contributed by atoms with Crippen LogP contribution in [0.25, 0.3) is 11.1 Å². The van der Waals surface area contributed by atoms with E-state index in [0.717, 1.165) is 0 Å². The van der Waals surface area contributed by atoms with Gasteiger partial charge in [0.2, 0.25) is 6.19 Å². The topological polar surface area (TPSA) is 155 Å². The average molecular weight is 343 g/mol. The van der Waals surface area contributed by atoms with Gasteiger partial charge in [0.1, 0.15) is 30.3 Å². The van der Waals surface area contributed by atoms with Crippen molar-refractivity contribution >= 4 is 5.71 Å². The number of fused-ring (bicyclic) bond motifs is 3. The van der Waals surface area contributed by atoms with Gasteiger partial charge in [0, 0.05) is 11.1 Å². The molecule has 2 aromatic rings. The van der Waals surface area contributed by atoms with Crippen LogP contribution in [-0.2, 0) is 0 Å². The summed E-state index contributed by atoms with van der Waals surface area (Å²) in [5.74, 6) is 0. The van der Waals surface area contributed by atoms with Crippen molar-refractivity contribution in [2.45, 2.75) is 6.92 Å². The Morgan fingerprint density at radius 2 is 1.19 bits per heavy atom. The van der Waals surface area contributed by atoms with Crippen LogP contribution >= 0.6 is 0 Å². The van der Waals surface area contributed by atoms with Crippen molar-refractivity contribution in [1.82, 2.24) is 0 Å². The van der Waals surface area contributed by atoms with Gasteiger partial charge in [-0.05, 0) is 35.7 Å². The molecule has 1 aliphatic carbocycles. The number of benzene rings is 2. The molecule has 0 spiro atoms. The Hall–Kier alpha value is -4.95. The van der Waals surface area contributed by atoms with Gasteiger partial charge in [-0.15, -0.1) is 0 Å². The number of rotatable bonds is 0. The maximum Gasteiger partial charge on any atom is 0.206 e. The summed E-state index contributed by atoms with van der Waals surface area (Å²) in [6, 6.07) is 12.6. The highest BCUT2D eigenvalue weighted by atomic mass is 14.7.